The number of nitrogens with two attached hydrogens (primary N) is 2. The van der Waals surface area contributed by atoms with Crippen LogP contribution in [-0.2, 0) is 11.2 Å². The first kappa shape index (κ1) is 25.0. The van der Waals surface area contributed by atoms with Gasteiger partial charge in [-0.05, 0) is 53.4 Å². The van der Waals surface area contributed by atoms with Crippen LogP contribution in [0.2, 0.25) is 5.02 Å². The van der Waals surface area contributed by atoms with Crippen molar-refractivity contribution in [1.82, 2.24) is 5.32 Å². The van der Waals surface area contributed by atoms with Gasteiger partial charge in [-0.2, -0.15) is 5.17 Å². The molecule has 0 saturated carbocycles. The van der Waals surface area contributed by atoms with Crippen molar-refractivity contribution in [3.63, 3.8) is 0 Å². The Morgan fingerprint density at radius 3 is 2.35 bits per heavy atom. The van der Waals surface area contributed by atoms with E-state index >= 15 is 0 Å². The highest BCUT2D eigenvalue weighted by Gasteiger charge is 2.23. The number of amides is 1. The normalized spacial score (nSPS) is 12.6. The van der Waals surface area contributed by atoms with E-state index in [-0.39, 0.29) is 29.8 Å². The Bertz CT molecular complexity index is 1170. The van der Waals surface area contributed by atoms with Crippen LogP contribution >= 0.6 is 11.6 Å². The highest BCUT2D eigenvalue weighted by molar-refractivity contribution is 6.30. The van der Waals surface area contributed by atoms with Crippen molar-refractivity contribution in [3.8, 4) is 11.1 Å². The fourth-order valence-electron chi connectivity index (χ4n) is 3.50. The van der Waals surface area contributed by atoms with Crippen LogP contribution < -0.4 is 22.1 Å². The van der Waals surface area contributed by atoms with E-state index in [0.717, 1.165) is 16.7 Å². The molecule has 0 bridgehead atoms. The predicted octanol–water partition coefficient (Wildman–Crippen LogP) is 2.84. The number of halogens is 1. The lowest BCUT2D eigenvalue weighted by molar-refractivity contribution is -0.147. The topological polar surface area (TPSA) is 162 Å². The summed E-state index contributed by atoms with van der Waals surface area (Å²) in [5, 5.41) is 32.2. The summed E-state index contributed by atoms with van der Waals surface area (Å²) in [6, 6.07) is 18.4. The Labute approximate surface area is 201 Å². The van der Waals surface area contributed by atoms with Crippen molar-refractivity contribution in [3.05, 3.63) is 82.9 Å². The van der Waals surface area contributed by atoms with E-state index in [1.807, 2.05) is 42.5 Å². The van der Waals surface area contributed by atoms with Gasteiger partial charge in [-0.25, -0.2) is 10.6 Å². The van der Waals surface area contributed by atoms with Gasteiger partial charge in [0.25, 0.3) is 5.91 Å². The predicted molar refractivity (Wildman–Crippen MR) is 129 cm³/mol. The second kappa shape index (κ2) is 11.0. The number of carboxylic acids is 1. The lowest BCUT2D eigenvalue weighted by atomic mass is 9.97. The number of nitrogens with zero attached hydrogens (tertiary/aromatic N) is 1. The summed E-state index contributed by atoms with van der Waals surface area (Å²) in [7, 11) is 0. The van der Waals surface area contributed by atoms with Crippen LogP contribution in [0.1, 0.15) is 22.3 Å². The standard InChI is InChI=1S/C24H25ClN4O5/c25-18-3-1-2-16(11-18)15-6-4-14(5-7-15)10-19(13-22(30)24(32)33)28-23(31)17-8-9-20(26)21(12-17)29(27)34/h1-9,11-12,19,22,30,34H,10,13,26-27H2,(H,28,31)(H,32,33)/t19-,22?/m1/s1. The molecule has 34 heavy (non-hydrogen) atoms. The number of carboxylic acid groups (broad SMARTS) is 1. The zero-order valence-electron chi connectivity index (χ0n) is 18.1. The van der Waals surface area contributed by atoms with Crippen molar-refractivity contribution in [2.24, 2.45) is 5.84 Å². The Balaban J connectivity index is 1.79. The fraction of sp³-hybridized carbons (Fsp3) is 0.167. The number of carbonyl (C=O) groups is 2. The summed E-state index contributed by atoms with van der Waals surface area (Å²) >= 11 is 6.06. The third-order valence-electron chi connectivity index (χ3n) is 5.26. The minimum absolute atomic E-state index is 0.0337. The van der Waals surface area contributed by atoms with E-state index in [4.69, 9.17) is 28.3 Å². The summed E-state index contributed by atoms with van der Waals surface area (Å²) in [6.45, 7) is 0. The number of hydrogen-bond acceptors (Lipinski definition) is 7. The molecule has 0 aliphatic carbocycles. The average molecular weight is 485 g/mol. The molecule has 0 aliphatic heterocycles. The smallest absolute Gasteiger partial charge is 0.332 e. The highest BCUT2D eigenvalue weighted by atomic mass is 35.5. The van der Waals surface area contributed by atoms with Crippen molar-refractivity contribution in [1.29, 1.82) is 0 Å². The largest absolute Gasteiger partial charge is 0.479 e. The van der Waals surface area contributed by atoms with Crippen LogP contribution in [0.3, 0.4) is 0 Å². The number of nitrogen functional groups attached to an aromatic ring is 1. The molecule has 0 aliphatic rings. The zero-order valence-corrected chi connectivity index (χ0v) is 18.8. The van der Waals surface area contributed by atoms with Crippen LogP contribution in [0.4, 0.5) is 11.4 Å². The minimum atomic E-state index is -1.66. The van der Waals surface area contributed by atoms with Gasteiger partial charge in [0.05, 0.1) is 5.69 Å². The summed E-state index contributed by atoms with van der Waals surface area (Å²) in [6.07, 6.45) is -1.59. The lowest BCUT2D eigenvalue weighted by Crippen LogP contribution is -2.40. The van der Waals surface area contributed by atoms with Crippen molar-refractivity contribution >= 4 is 34.9 Å². The number of aliphatic hydroxyl groups excluding tert-OH is 1. The molecule has 1 unspecified atom stereocenters. The van der Waals surface area contributed by atoms with Gasteiger partial charge in [0, 0.05) is 23.0 Å². The molecule has 3 aromatic rings. The van der Waals surface area contributed by atoms with Gasteiger partial charge >= 0.3 is 5.97 Å². The molecule has 10 heteroatoms. The van der Waals surface area contributed by atoms with Crippen LogP contribution in [0, 0.1) is 0 Å². The summed E-state index contributed by atoms with van der Waals surface area (Å²) in [5.41, 5.74) is 8.81. The number of aliphatic hydroxyl groups is 1. The highest BCUT2D eigenvalue weighted by Crippen LogP contribution is 2.24. The first-order valence-electron chi connectivity index (χ1n) is 10.3. The molecule has 178 valence electrons. The Morgan fingerprint density at radius 2 is 1.74 bits per heavy atom. The second-order valence-electron chi connectivity index (χ2n) is 7.79. The molecule has 3 rings (SSSR count). The Kier molecular flexibility index (Phi) is 8.08. The summed E-state index contributed by atoms with van der Waals surface area (Å²) < 4.78 is 0. The van der Waals surface area contributed by atoms with Gasteiger partial charge in [0.15, 0.2) is 6.10 Å². The van der Waals surface area contributed by atoms with Gasteiger partial charge < -0.3 is 21.3 Å². The van der Waals surface area contributed by atoms with E-state index in [9.17, 15) is 19.9 Å². The van der Waals surface area contributed by atoms with E-state index in [0.29, 0.717) is 10.2 Å². The molecule has 0 spiro atoms. The van der Waals surface area contributed by atoms with Crippen LogP contribution in [0.15, 0.2) is 66.7 Å². The maximum atomic E-state index is 12.8. The molecule has 0 aromatic heterocycles. The molecule has 3 aromatic carbocycles. The van der Waals surface area contributed by atoms with Crippen molar-refractivity contribution in [2.45, 2.75) is 25.0 Å². The first-order valence-corrected chi connectivity index (χ1v) is 10.7. The average Bonchev–Trinajstić information content (AvgIpc) is 2.79. The first-order chi connectivity index (χ1) is 16.1. The van der Waals surface area contributed by atoms with E-state index < -0.39 is 24.0 Å². The van der Waals surface area contributed by atoms with Gasteiger partial charge in [0.2, 0.25) is 0 Å². The number of aliphatic carboxylic acids is 1. The van der Waals surface area contributed by atoms with Gasteiger partial charge in [-0.1, -0.05) is 48.0 Å². The Hall–Kier alpha value is -3.63. The number of nitrogens with one attached hydrogen (secondary N) is 1. The number of benzene rings is 3. The SMILES string of the molecule is Nc1ccc(C(=O)N[C@H](Cc2ccc(-c3cccc(Cl)c3)cc2)CC(O)C(=O)O)cc1N(N)O. The molecule has 0 saturated heterocycles. The van der Waals surface area contributed by atoms with Gasteiger partial charge in [-0.3, -0.25) is 10.0 Å². The molecule has 0 radical (unpaired) electrons. The molecular weight excluding hydrogens is 460 g/mol. The van der Waals surface area contributed by atoms with Gasteiger partial charge in [-0.15, -0.1) is 0 Å². The molecule has 0 heterocycles. The fourth-order valence-corrected chi connectivity index (χ4v) is 3.69. The number of hydrogen-bond donors (Lipinski definition) is 6. The number of rotatable bonds is 9. The van der Waals surface area contributed by atoms with Gasteiger partial charge in [0.1, 0.15) is 5.69 Å². The Morgan fingerprint density at radius 1 is 1.03 bits per heavy atom. The monoisotopic (exact) mass is 484 g/mol. The van der Waals surface area contributed by atoms with E-state index in [2.05, 4.69) is 5.32 Å². The third-order valence-corrected chi connectivity index (χ3v) is 5.50. The summed E-state index contributed by atoms with van der Waals surface area (Å²) in [4.78, 5) is 24.0. The zero-order chi connectivity index (χ0) is 24.8. The number of hydrazine groups is 1. The maximum absolute atomic E-state index is 12.8. The third kappa shape index (κ3) is 6.46. The molecule has 9 nitrogen and oxygen atoms in total. The van der Waals surface area contributed by atoms with Crippen LogP contribution in [0.5, 0.6) is 0 Å². The summed E-state index contributed by atoms with van der Waals surface area (Å²) in [5.74, 6) is 3.39. The van der Waals surface area contributed by atoms with Crippen molar-refractivity contribution < 1.29 is 25.0 Å². The molecule has 1 amide bonds. The van der Waals surface area contributed by atoms with Crippen molar-refractivity contribution in [2.75, 3.05) is 10.9 Å². The number of carbonyl (C=O) groups excluding carboxylic acids is 1. The molecule has 2 atom stereocenters. The minimum Gasteiger partial charge on any atom is -0.479 e. The number of anilines is 2. The quantitative estimate of drug-likeness (QED) is 0.153. The molecule has 8 N–H and O–H groups in total. The van der Waals surface area contributed by atoms with Crippen LogP contribution in [0.25, 0.3) is 11.1 Å². The maximum Gasteiger partial charge on any atom is 0.332 e. The molecule has 0 fully saturated rings. The van der Waals surface area contributed by atoms with E-state index in [1.54, 1.807) is 6.07 Å². The van der Waals surface area contributed by atoms with Crippen LogP contribution in [-0.4, -0.2) is 39.4 Å². The van der Waals surface area contributed by atoms with E-state index in [1.165, 1.54) is 18.2 Å². The second-order valence-corrected chi connectivity index (χ2v) is 8.23. The molecular formula is C24H25ClN4O5. The lowest BCUT2D eigenvalue weighted by Gasteiger charge is -2.21.